The molecule has 0 radical (unpaired) electrons. The largest absolute Gasteiger partial charge is 0.347 e. The Kier molecular flexibility index (Phi) is 3.94. The topological polar surface area (TPSA) is 72.7 Å². The molecule has 0 saturated heterocycles. The van der Waals surface area contributed by atoms with Crippen LogP contribution in [0.4, 0.5) is 0 Å². The second kappa shape index (κ2) is 6.03. The van der Waals surface area contributed by atoms with Crippen molar-refractivity contribution in [1.82, 2.24) is 25.1 Å². The molecule has 6 heteroatoms. The van der Waals surface area contributed by atoms with Crippen LogP contribution in [0.2, 0.25) is 0 Å². The Labute approximate surface area is 123 Å². The van der Waals surface area contributed by atoms with E-state index in [4.69, 9.17) is 0 Å². The molecule has 6 nitrogen and oxygen atoms in total. The maximum atomic E-state index is 12.1. The summed E-state index contributed by atoms with van der Waals surface area (Å²) in [5.74, 6) is 0.556. The Balaban J connectivity index is 1.61. The van der Waals surface area contributed by atoms with Gasteiger partial charge in [0.15, 0.2) is 0 Å². The number of rotatable bonds is 6. The molecule has 0 spiro atoms. The summed E-state index contributed by atoms with van der Waals surface area (Å²) in [7, 11) is 0. The number of aryl methyl sites for hydroxylation is 2. The number of hydrogen-bond acceptors (Lipinski definition) is 4. The number of nitrogens with one attached hydrogen (secondary N) is 1. The molecule has 2 aromatic rings. The van der Waals surface area contributed by atoms with Gasteiger partial charge < -0.3 is 5.32 Å². The molecular formula is C15H19N5O. The zero-order chi connectivity index (χ0) is 14.7. The van der Waals surface area contributed by atoms with E-state index in [0.717, 1.165) is 24.2 Å². The van der Waals surface area contributed by atoms with E-state index in [9.17, 15) is 4.79 Å². The third-order valence-electron chi connectivity index (χ3n) is 3.67. The van der Waals surface area contributed by atoms with Crippen molar-refractivity contribution in [3.8, 4) is 0 Å². The summed E-state index contributed by atoms with van der Waals surface area (Å²) < 4.78 is 1.66. The van der Waals surface area contributed by atoms with Crippen molar-refractivity contribution in [1.29, 1.82) is 0 Å². The van der Waals surface area contributed by atoms with Crippen LogP contribution < -0.4 is 5.32 Å². The van der Waals surface area contributed by atoms with E-state index in [1.807, 2.05) is 25.1 Å². The molecule has 2 aromatic heterocycles. The van der Waals surface area contributed by atoms with Gasteiger partial charge in [0.25, 0.3) is 0 Å². The van der Waals surface area contributed by atoms with Gasteiger partial charge in [-0.1, -0.05) is 6.07 Å². The number of pyridine rings is 1. The van der Waals surface area contributed by atoms with Gasteiger partial charge in [0.2, 0.25) is 5.91 Å². The van der Waals surface area contributed by atoms with E-state index in [1.54, 1.807) is 11.0 Å². The van der Waals surface area contributed by atoms with Crippen molar-refractivity contribution < 1.29 is 4.79 Å². The Morgan fingerprint density at radius 3 is 3.00 bits per heavy atom. The fourth-order valence-electron chi connectivity index (χ4n) is 2.41. The van der Waals surface area contributed by atoms with Crippen LogP contribution in [0.1, 0.15) is 36.7 Å². The van der Waals surface area contributed by atoms with Crippen molar-refractivity contribution in [2.75, 3.05) is 0 Å². The van der Waals surface area contributed by atoms with E-state index >= 15 is 0 Å². The lowest BCUT2D eigenvalue weighted by Gasteiger charge is -2.18. The van der Waals surface area contributed by atoms with Crippen molar-refractivity contribution in [3.05, 3.63) is 42.2 Å². The number of carbonyl (C=O) groups is 1. The highest BCUT2D eigenvalue weighted by molar-refractivity contribution is 5.76. The predicted molar refractivity (Wildman–Crippen MR) is 77.2 cm³/mol. The molecule has 1 fully saturated rings. The first-order chi connectivity index (χ1) is 10.2. The maximum absolute atomic E-state index is 12.1. The summed E-state index contributed by atoms with van der Waals surface area (Å²) in [6, 6.07) is 6.00. The summed E-state index contributed by atoms with van der Waals surface area (Å²) in [6.45, 7) is 2.52. The molecule has 1 saturated carbocycles. The molecular weight excluding hydrogens is 266 g/mol. The van der Waals surface area contributed by atoms with Crippen molar-refractivity contribution in [2.45, 2.75) is 38.8 Å². The zero-order valence-electron chi connectivity index (χ0n) is 12.1. The van der Waals surface area contributed by atoms with Gasteiger partial charge in [-0.25, -0.2) is 4.98 Å². The summed E-state index contributed by atoms with van der Waals surface area (Å²) >= 11 is 0. The second-order valence-electron chi connectivity index (χ2n) is 5.50. The van der Waals surface area contributed by atoms with Crippen molar-refractivity contribution >= 4 is 5.91 Å². The molecule has 0 aromatic carbocycles. The molecule has 2 heterocycles. The van der Waals surface area contributed by atoms with Crippen molar-refractivity contribution in [2.24, 2.45) is 5.92 Å². The number of carbonyl (C=O) groups excluding carboxylic acids is 1. The molecule has 1 aliphatic carbocycles. The summed E-state index contributed by atoms with van der Waals surface area (Å²) in [4.78, 5) is 20.6. The van der Waals surface area contributed by atoms with E-state index in [0.29, 0.717) is 18.9 Å². The van der Waals surface area contributed by atoms with Gasteiger partial charge in [0.05, 0.1) is 18.3 Å². The molecule has 3 rings (SSSR count). The van der Waals surface area contributed by atoms with Crippen LogP contribution in [0, 0.1) is 12.8 Å². The Morgan fingerprint density at radius 2 is 2.33 bits per heavy atom. The lowest BCUT2D eigenvalue weighted by Crippen LogP contribution is -2.31. The van der Waals surface area contributed by atoms with E-state index in [1.165, 1.54) is 6.33 Å². The average Bonchev–Trinajstić information content (AvgIpc) is 3.18. The first-order valence-electron chi connectivity index (χ1n) is 7.28. The SMILES string of the molecule is Cc1cccc(C(NC(=O)CCn2cncn2)C2CC2)n1. The maximum Gasteiger partial charge on any atom is 0.222 e. The summed E-state index contributed by atoms with van der Waals surface area (Å²) in [6.07, 6.45) is 5.81. The molecule has 1 amide bonds. The Hall–Kier alpha value is -2.24. The average molecular weight is 285 g/mol. The minimum absolute atomic E-state index is 0.0331. The number of nitrogens with zero attached hydrogens (tertiary/aromatic N) is 4. The predicted octanol–water partition coefficient (Wildman–Crippen LogP) is 1.64. The van der Waals surface area contributed by atoms with Crippen LogP contribution in [-0.4, -0.2) is 25.7 Å². The van der Waals surface area contributed by atoms with E-state index in [2.05, 4.69) is 20.4 Å². The quantitative estimate of drug-likeness (QED) is 0.875. The van der Waals surface area contributed by atoms with Crippen LogP contribution in [0.5, 0.6) is 0 Å². The van der Waals surface area contributed by atoms with E-state index < -0.39 is 0 Å². The Bertz CT molecular complexity index is 606. The lowest BCUT2D eigenvalue weighted by atomic mass is 10.1. The molecule has 0 bridgehead atoms. The summed E-state index contributed by atoms with van der Waals surface area (Å²) in [5, 5.41) is 7.12. The zero-order valence-corrected chi connectivity index (χ0v) is 12.1. The first kappa shape index (κ1) is 13.7. The fourth-order valence-corrected chi connectivity index (χ4v) is 2.41. The van der Waals surface area contributed by atoms with Crippen LogP contribution in [0.15, 0.2) is 30.9 Å². The molecule has 1 aliphatic rings. The Morgan fingerprint density at radius 1 is 1.48 bits per heavy atom. The minimum atomic E-state index is 0.0331. The molecule has 110 valence electrons. The van der Waals surface area contributed by atoms with Crippen LogP contribution in [-0.2, 0) is 11.3 Å². The number of amides is 1. The highest BCUT2D eigenvalue weighted by Crippen LogP contribution is 2.40. The van der Waals surface area contributed by atoms with Crippen molar-refractivity contribution in [3.63, 3.8) is 0 Å². The first-order valence-corrected chi connectivity index (χ1v) is 7.28. The van der Waals surface area contributed by atoms with E-state index in [-0.39, 0.29) is 11.9 Å². The standard InChI is InChI=1S/C15H19N5O/c1-11-3-2-4-13(18-11)15(12-5-6-12)19-14(21)7-8-20-10-16-9-17-20/h2-4,9-10,12,15H,5-8H2,1H3,(H,19,21). The fraction of sp³-hybridized carbons (Fsp3) is 0.467. The summed E-state index contributed by atoms with van der Waals surface area (Å²) in [5.41, 5.74) is 1.95. The van der Waals surface area contributed by atoms with Crippen LogP contribution in [0.25, 0.3) is 0 Å². The highest BCUT2D eigenvalue weighted by atomic mass is 16.1. The molecule has 21 heavy (non-hydrogen) atoms. The molecule has 1 atom stereocenters. The van der Waals surface area contributed by atoms with Crippen LogP contribution >= 0.6 is 0 Å². The number of aromatic nitrogens is 4. The minimum Gasteiger partial charge on any atom is -0.347 e. The van der Waals surface area contributed by atoms with Gasteiger partial charge in [-0.3, -0.25) is 14.5 Å². The number of hydrogen-bond donors (Lipinski definition) is 1. The third-order valence-corrected chi connectivity index (χ3v) is 3.67. The van der Waals surface area contributed by atoms with Gasteiger partial charge in [0.1, 0.15) is 12.7 Å². The molecule has 0 aliphatic heterocycles. The molecule has 1 unspecified atom stereocenters. The van der Waals surface area contributed by atoms with Gasteiger partial charge in [0, 0.05) is 12.1 Å². The normalized spacial score (nSPS) is 15.7. The molecule has 1 N–H and O–H groups in total. The highest BCUT2D eigenvalue weighted by Gasteiger charge is 2.34. The second-order valence-corrected chi connectivity index (χ2v) is 5.50. The van der Waals surface area contributed by atoms with Gasteiger partial charge in [-0.05, 0) is 37.8 Å². The smallest absolute Gasteiger partial charge is 0.222 e. The van der Waals surface area contributed by atoms with Gasteiger partial charge in [-0.2, -0.15) is 5.10 Å². The third kappa shape index (κ3) is 3.65. The van der Waals surface area contributed by atoms with Gasteiger partial charge in [-0.15, -0.1) is 0 Å². The monoisotopic (exact) mass is 285 g/mol. The van der Waals surface area contributed by atoms with Gasteiger partial charge >= 0.3 is 0 Å². The lowest BCUT2D eigenvalue weighted by molar-refractivity contribution is -0.122. The van der Waals surface area contributed by atoms with Crippen LogP contribution in [0.3, 0.4) is 0 Å².